The van der Waals surface area contributed by atoms with Crippen LogP contribution >= 0.6 is 0 Å². The molecule has 0 saturated carbocycles. The minimum absolute atomic E-state index is 0.0321. The largest absolute Gasteiger partial charge is 0.493 e. The van der Waals surface area contributed by atoms with Gasteiger partial charge in [0.15, 0.2) is 0 Å². The Balaban J connectivity index is 1.76. The van der Waals surface area contributed by atoms with Crippen LogP contribution in [0.2, 0.25) is 0 Å². The Kier molecular flexibility index (Phi) is 5.45. The van der Waals surface area contributed by atoms with E-state index in [2.05, 4.69) is 0 Å². The highest BCUT2D eigenvalue weighted by Gasteiger charge is 2.07. The van der Waals surface area contributed by atoms with Crippen molar-refractivity contribution in [2.75, 3.05) is 13.2 Å². The van der Waals surface area contributed by atoms with Crippen molar-refractivity contribution in [2.24, 2.45) is 0 Å². The van der Waals surface area contributed by atoms with Crippen LogP contribution in [-0.4, -0.2) is 23.1 Å². The summed E-state index contributed by atoms with van der Waals surface area (Å²) in [5.74, 6) is 0.823. The predicted octanol–water partition coefficient (Wildman–Crippen LogP) is 3.35. The lowest BCUT2D eigenvalue weighted by molar-refractivity contribution is -0.385. The monoisotopic (exact) mass is 318 g/mol. The van der Waals surface area contributed by atoms with Crippen molar-refractivity contribution in [2.45, 2.75) is 6.42 Å². The van der Waals surface area contributed by atoms with Crippen LogP contribution in [0.25, 0.3) is 0 Å². The summed E-state index contributed by atoms with van der Waals surface area (Å²) in [7, 11) is 0. The molecular weight excluding hydrogens is 304 g/mol. The summed E-state index contributed by atoms with van der Waals surface area (Å²) in [6.45, 7) is 0.631. The zero-order chi connectivity index (χ0) is 16.7. The van der Waals surface area contributed by atoms with Crippen LogP contribution in [0.4, 0.5) is 11.4 Å². The van der Waals surface area contributed by atoms with Crippen molar-refractivity contribution in [1.82, 2.24) is 0 Å². The van der Waals surface area contributed by atoms with Gasteiger partial charge in [-0.1, -0.05) is 12.1 Å². The van der Waals surface area contributed by atoms with Crippen molar-refractivity contribution in [1.29, 1.82) is 0 Å². The van der Waals surface area contributed by atoms with Crippen LogP contribution in [0.1, 0.15) is 6.42 Å². The van der Waals surface area contributed by atoms with E-state index in [9.17, 15) is 20.2 Å². The molecule has 2 rings (SSSR count). The second-order valence-corrected chi connectivity index (χ2v) is 4.56. The average Bonchev–Trinajstić information content (AvgIpc) is 2.55. The van der Waals surface area contributed by atoms with E-state index in [1.54, 1.807) is 24.3 Å². The third-order valence-electron chi connectivity index (χ3n) is 2.88. The molecule has 0 aliphatic heterocycles. The summed E-state index contributed by atoms with van der Waals surface area (Å²) >= 11 is 0. The van der Waals surface area contributed by atoms with Crippen molar-refractivity contribution < 1.29 is 19.3 Å². The van der Waals surface area contributed by atoms with Gasteiger partial charge in [0, 0.05) is 18.6 Å². The van der Waals surface area contributed by atoms with E-state index in [0.29, 0.717) is 31.1 Å². The van der Waals surface area contributed by atoms with Gasteiger partial charge in [0.1, 0.15) is 11.5 Å². The van der Waals surface area contributed by atoms with E-state index in [1.807, 2.05) is 0 Å². The Labute approximate surface area is 131 Å². The fourth-order valence-electron chi connectivity index (χ4n) is 1.81. The van der Waals surface area contributed by atoms with Crippen LogP contribution in [0.3, 0.4) is 0 Å². The molecule has 23 heavy (non-hydrogen) atoms. The molecule has 0 aliphatic carbocycles. The fourth-order valence-corrected chi connectivity index (χ4v) is 1.81. The SMILES string of the molecule is O=[N+]([O-])c1cccc(OCCCOc2cccc([N+](=O)[O-])c2)c1. The summed E-state index contributed by atoms with van der Waals surface area (Å²) in [6, 6.07) is 11.8. The van der Waals surface area contributed by atoms with Crippen LogP contribution in [-0.2, 0) is 0 Å². The van der Waals surface area contributed by atoms with E-state index in [0.717, 1.165) is 0 Å². The first-order valence-corrected chi connectivity index (χ1v) is 6.81. The molecule has 2 aromatic rings. The highest BCUT2D eigenvalue weighted by molar-refractivity contribution is 5.38. The highest BCUT2D eigenvalue weighted by atomic mass is 16.6. The van der Waals surface area contributed by atoms with Gasteiger partial charge in [0.2, 0.25) is 0 Å². The van der Waals surface area contributed by atoms with E-state index in [4.69, 9.17) is 9.47 Å². The molecule has 0 atom stereocenters. The van der Waals surface area contributed by atoms with Gasteiger partial charge < -0.3 is 9.47 Å². The number of non-ortho nitro benzene ring substituents is 2. The Morgan fingerprint density at radius 1 is 0.783 bits per heavy atom. The molecule has 0 spiro atoms. The molecule has 0 amide bonds. The summed E-state index contributed by atoms with van der Waals surface area (Å²) in [5.41, 5.74) is -0.0642. The fraction of sp³-hybridized carbons (Fsp3) is 0.200. The summed E-state index contributed by atoms with van der Waals surface area (Å²) in [5, 5.41) is 21.3. The third-order valence-corrected chi connectivity index (χ3v) is 2.88. The quantitative estimate of drug-likeness (QED) is 0.420. The first-order valence-electron chi connectivity index (χ1n) is 6.81. The lowest BCUT2D eigenvalue weighted by Crippen LogP contribution is -2.05. The third kappa shape index (κ3) is 4.95. The Hall–Kier alpha value is -3.16. The first kappa shape index (κ1) is 16.2. The molecule has 0 aromatic heterocycles. The van der Waals surface area contributed by atoms with Crippen molar-refractivity contribution in [3.05, 3.63) is 68.8 Å². The number of ether oxygens (including phenoxy) is 2. The van der Waals surface area contributed by atoms with Gasteiger partial charge >= 0.3 is 0 Å². The minimum atomic E-state index is -0.488. The average molecular weight is 318 g/mol. The minimum Gasteiger partial charge on any atom is -0.493 e. The normalized spacial score (nSPS) is 10.1. The molecule has 8 heteroatoms. The number of hydrogen-bond donors (Lipinski definition) is 0. The zero-order valence-electron chi connectivity index (χ0n) is 12.1. The van der Waals surface area contributed by atoms with Crippen LogP contribution < -0.4 is 9.47 Å². The number of benzene rings is 2. The molecule has 0 bridgehead atoms. The van der Waals surface area contributed by atoms with E-state index in [-0.39, 0.29) is 11.4 Å². The number of nitro benzene ring substituents is 2. The van der Waals surface area contributed by atoms with Crippen molar-refractivity contribution in [3.63, 3.8) is 0 Å². The van der Waals surface area contributed by atoms with Crippen molar-refractivity contribution in [3.8, 4) is 11.5 Å². The Bertz CT molecular complexity index is 644. The Morgan fingerprint density at radius 2 is 1.22 bits per heavy atom. The van der Waals surface area contributed by atoms with Gasteiger partial charge in [-0.3, -0.25) is 20.2 Å². The maximum Gasteiger partial charge on any atom is 0.273 e. The zero-order valence-corrected chi connectivity index (χ0v) is 12.1. The molecule has 0 N–H and O–H groups in total. The van der Waals surface area contributed by atoms with Crippen molar-refractivity contribution >= 4 is 11.4 Å². The topological polar surface area (TPSA) is 105 Å². The molecule has 0 aliphatic rings. The summed E-state index contributed by atoms with van der Waals surface area (Å²) in [6.07, 6.45) is 0.533. The Morgan fingerprint density at radius 3 is 1.61 bits per heavy atom. The lowest BCUT2D eigenvalue weighted by atomic mass is 10.3. The van der Waals surface area contributed by atoms with Gasteiger partial charge in [0.25, 0.3) is 11.4 Å². The molecule has 120 valence electrons. The maximum atomic E-state index is 10.6. The molecule has 0 radical (unpaired) electrons. The van der Waals surface area contributed by atoms with Gasteiger partial charge in [-0.15, -0.1) is 0 Å². The summed E-state index contributed by atoms with van der Waals surface area (Å²) < 4.78 is 10.8. The summed E-state index contributed by atoms with van der Waals surface area (Å²) in [4.78, 5) is 20.3. The lowest BCUT2D eigenvalue weighted by Gasteiger charge is -2.08. The number of hydrogen-bond acceptors (Lipinski definition) is 6. The number of rotatable bonds is 8. The highest BCUT2D eigenvalue weighted by Crippen LogP contribution is 2.20. The second-order valence-electron chi connectivity index (χ2n) is 4.56. The van der Waals surface area contributed by atoms with E-state index >= 15 is 0 Å². The van der Waals surface area contributed by atoms with Crippen LogP contribution in [0.5, 0.6) is 11.5 Å². The van der Waals surface area contributed by atoms with Crippen LogP contribution in [0.15, 0.2) is 48.5 Å². The van der Waals surface area contributed by atoms with Crippen LogP contribution in [0, 0.1) is 20.2 Å². The molecular formula is C15H14N2O6. The molecule has 0 unspecified atom stereocenters. The van der Waals surface area contributed by atoms with Gasteiger partial charge in [-0.05, 0) is 12.1 Å². The first-order chi connectivity index (χ1) is 11.1. The standard InChI is InChI=1S/C15H14N2O6/c18-16(19)12-4-1-6-14(10-12)22-8-3-9-23-15-7-2-5-13(11-15)17(20)21/h1-2,4-7,10-11H,3,8-9H2. The predicted molar refractivity (Wildman–Crippen MR) is 81.8 cm³/mol. The van der Waals surface area contributed by atoms with Gasteiger partial charge in [-0.2, -0.15) is 0 Å². The van der Waals surface area contributed by atoms with Gasteiger partial charge in [0.05, 0.1) is 35.2 Å². The molecule has 2 aromatic carbocycles. The number of nitro groups is 2. The second kappa shape index (κ2) is 7.74. The maximum absolute atomic E-state index is 10.6. The van der Waals surface area contributed by atoms with E-state index in [1.165, 1.54) is 24.3 Å². The molecule has 0 saturated heterocycles. The molecule has 8 nitrogen and oxygen atoms in total. The smallest absolute Gasteiger partial charge is 0.273 e. The van der Waals surface area contributed by atoms with Gasteiger partial charge in [-0.25, -0.2) is 0 Å². The number of nitrogens with zero attached hydrogens (tertiary/aromatic N) is 2. The molecule has 0 fully saturated rings. The van der Waals surface area contributed by atoms with E-state index < -0.39 is 9.85 Å². The molecule has 0 heterocycles.